The summed E-state index contributed by atoms with van der Waals surface area (Å²) in [5.41, 5.74) is 0.837. The van der Waals surface area contributed by atoms with Gasteiger partial charge in [-0.1, -0.05) is 71.2 Å². The second kappa shape index (κ2) is 11.1. The molecule has 0 radical (unpaired) electrons. The average molecular weight is 413 g/mol. The number of fused-ring (bicyclic) bond motifs is 1. The molecule has 30 heavy (non-hydrogen) atoms. The van der Waals surface area contributed by atoms with Gasteiger partial charge in [-0.25, -0.2) is 0 Å². The van der Waals surface area contributed by atoms with Crippen molar-refractivity contribution in [2.75, 3.05) is 7.11 Å². The molecule has 2 atom stereocenters. The van der Waals surface area contributed by atoms with Crippen LogP contribution < -0.4 is 4.74 Å². The summed E-state index contributed by atoms with van der Waals surface area (Å²) in [5.74, 6) is -0.0131. The van der Waals surface area contributed by atoms with Gasteiger partial charge in [-0.15, -0.1) is 0 Å². The number of esters is 2. The van der Waals surface area contributed by atoms with Gasteiger partial charge in [0.1, 0.15) is 5.75 Å². The van der Waals surface area contributed by atoms with Gasteiger partial charge in [0.25, 0.3) is 0 Å². The van der Waals surface area contributed by atoms with Crippen LogP contribution in [0.4, 0.5) is 0 Å². The minimum atomic E-state index is -0.505. The third-order valence-corrected chi connectivity index (χ3v) is 5.78. The Hall–Kier alpha value is -2.36. The van der Waals surface area contributed by atoms with Crippen molar-refractivity contribution in [3.8, 4) is 5.75 Å². The van der Waals surface area contributed by atoms with E-state index in [0.717, 1.165) is 47.8 Å². The summed E-state index contributed by atoms with van der Waals surface area (Å²) < 4.78 is 10.6. The number of ether oxygens (including phenoxy) is 2. The van der Waals surface area contributed by atoms with Gasteiger partial charge in [0.2, 0.25) is 0 Å². The Balaban J connectivity index is 2.02. The van der Waals surface area contributed by atoms with Crippen LogP contribution in [0.3, 0.4) is 0 Å². The van der Waals surface area contributed by atoms with E-state index in [1.807, 2.05) is 50.2 Å². The van der Waals surface area contributed by atoms with Crippen molar-refractivity contribution in [3.63, 3.8) is 0 Å². The van der Waals surface area contributed by atoms with Gasteiger partial charge in [-0.2, -0.15) is 0 Å². The first-order valence-corrected chi connectivity index (χ1v) is 11.1. The van der Waals surface area contributed by atoms with Crippen LogP contribution in [0, 0.1) is 17.8 Å². The maximum atomic E-state index is 12.7. The molecule has 4 nitrogen and oxygen atoms in total. The van der Waals surface area contributed by atoms with E-state index in [-0.39, 0.29) is 11.8 Å². The fraction of sp³-hybridized carbons (Fsp3) is 0.538. The first kappa shape index (κ1) is 23.9. The molecule has 0 spiro atoms. The lowest BCUT2D eigenvalue weighted by molar-refractivity contribution is -0.164. The van der Waals surface area contributed by atoms with Gasteiger partial charge >= 0.3 is 11.9 Å². The monoisotopic (exact) mass is 412 g/mol. The van der Waals surface area contributed by atoms with Crippen molar-refractivity contribution in [3.05, 3.63) is 42.0 Å². The Kier molecular flexibility index (Phi) is 8.88. The minimum absolute atomic E-state index is 0.148. The van der Waals surface area contributed by atoms with Crippen molar-refractivity contribution >= 4 is 22.7 Å². The van der Waals surface area contributed by atoms with E-state index in [2.05, 4.69) is 13.8 Å². The quantitative estimate of drug-likeness (QED) is 0.253. The number of methoxy groups -OCH3 is 1. The van der Waals surface area contributed by atoms with E-state index in [9.17, 15) is 9.59 Å². The predicted octanol–water partition coefficient (Wildman–Crippen LogP) is 6.51. The molecule has 0 amide bonds. The molecule has 2 unspecified atom stereocenters. The lowest BCUT2D eigenvalue weighted by atomic mass is 9.89. The number of unbranched alkanes of at least 4 members (excludes halogenated alkanes) is 1. The number of benzene rings is 2. The molecule has 0 saturated carbocycles. The van der Waals surface area contributed by atoms with E-state index in [1.165, 1.54) is 0 Å². The van der Waals surface area contributed by atoms with Gasteiger partial charge < -0.3 is 9.47 Å². The summed E-state index contributed by atoms with van der Waals surface area (Å²) in [6, 6.07) is 11.7. The van der Waals surface area contributed by atoms with Crippen molar-refractivity contribution in [1.29, 1.82) is 0 Å². The van der Waals surface area contributed by atoms with Crippen LogP contribution in [-0.2, 0) is 14.3 Å². The first-order chi connectivity index (χ1) is 14.2. The molecule has 0 saturated heterocycles. The normalized spacial score (nSPS) is 13.5. The first-order valence-electron chi connectivity index (χ1n) is 11.1. The van der Waals surface area contributed by atoms with E-state index in [0.29, 0.717) is 5.92 Å². The summed E-state index contributed by atoms with van der Waals surface area (Å²) in [6.07, 6.45) is 4.00. The maximum Gasteiger partial charge on any atom is 0.320 e. The lowest BCUT2D eigenvalue weighted by Crippen LogP contribution is -2.27. The Labute approximate surface area is 181 Å². The SMILES string of the molecule is COc1ccc2cc(C(C)C(=O)OC(=O)C(CCCCC(C)C)C(C)C)ccc2c1. The van der Waals surface area contributed by atoms with E-state index in [4.69, 9.17) is 9.47 Å². The third kappa shape index (κ3) is 6.58. The summed E-state index contributed by atoms with van der Waals surface area (Å²) in [5, 5.41) is 2.06. The Morgan fingerprint density at radius 1 is 0.833 bits per heavy atom. The predicted molar refractivity (Wildman–Crippen MR) is 122 cm³/mol. The second-order valence-electron chi connectivity index (χ2n) is 8.96. The fourth-order valence-corrected chi connectivity index (χ4v) is 3.68. The summed E-state index contributed by atoms with van der Waals surface area (Å²) in [4.78, 5) is 25.4. The molecule has 0 aliphatic rings. The van der Waals surface area contributed by atoms with Gasteiger partial charge in [-0.05, 0) is 53.6 Å². The number of hydrogen-bond acceptors (Lipinski definition) is 4. The van der Waals surface area contributed by atoms with Crippen molar-refractivity contribution in [2.45, 2.75) is 66.2 Å². The standard InChI is InChI=1S/C26H36O4/c1-17(2)9-7-8-10-24(18(3)4)26(28)30-25(27)19(5)20-11-12-22-16-23(29-6)14-13-21(22)15-20/h11-19,24H,7-10H2,1-6H3. The van der Waals surface area contributed by atoms with Crippen LogP contribution >= 0.6 is 0 Å². The molecule has 4 heteroatoms. The Morgan fingerprint density at radius 3 is 2.10 bits per heavy atom. The van der Waals surface area contributed by atoms with Crippen molar-refractivity contribution in [1.82, 2.24) is 0 Å². The third-order valence-electron chi connectivity index (χ3n) is 5.78. The molecule has 0 N–H and O–H groups in total. The van der Waals surface area contributed by atoms with Gasteiger partial charge in [0.05, 0.1) is 18.9 Å². The molecular formula is C26H36O4. The largest absolute Gasteiger partial charge is 0.497 e. The van der Waals surface area contributed by atoms with Crippen molar-refractivity contribution < 1.29 is 19.1 Å². The summed E-state index contributed by atoms with van der Waals surface area (Å²) >= 11 is 0. The van der Waals surface area contributed by atoms with Crippen LogP contribution in [0.2, 0.25) is 0 Å². The highest BCUT2D eigenvalue weighted by atomic mass is 16.6. The fourth-order valence-electron chi connectivity index (χ4n) is 3.68. The Bertz CT molecular complexity index is 853. The van der Waals surface area contributed by atoms with Crippen LogP contribution in [0.15, 0.2) is 36.4 Å². The van der Waals surface area contributed by atoms with Crippen LogP contribution in [0.1, 0.15) is 71.8 Å². The minimum Gasteiger partial charge on any atom is -0.497 e. The maximum absolute atomic E-state index is 12.7. The molecule has 0 fully saturated rings. The molecule has 2 aromatic rings. The zero-order valence-corrected chi connectivity index (χ0v) is 19.2. The second-order valence-corrected chi connectivity index (χ2v) is 8.96. The highest BCUT2D eigenvalue weighted by Gasteiger charge is 2.28. The van der Waals surface area contributed by atoms with E-state index >= 15 is 0 Å². The van der Waals surface area contributed by atoms with Gasteiger partial charge in [-0.3, -0.25) is 9.59 Å². The average Bonchev–Trinajstić information content (AvgIpc) is 2.71. The van der Waals surface area contributed by atoms with E-state index < -0.39 is 17.9 Å². The van der Waals surface area contributed by atoms with Gasteiger partial charge in [0, 0.05) is 0 Å². The number of carbonyl (C=O) groups is 2. The van der Waals surface area contributed by atoms with Crippen molar-refractivity contribution in [2.24, 2.45) is 17.8 Å². The molecule has 0 aliphatic heterocycles. The Morgan fingerprint density at radius 2 is 1.47 bits per heavy atom. The molecule has 0 heterocycles. The zero-order chi connectivity index (χ0) is 22.3. The molecule has 0 aromatic heterocycles. The smallest absolute Gasteiger partial charge is 0.320 e. The topological polar surface area (TPSA) is 52.6 Å². The highest BCUT2D eigenvalue weighted by Crippen LogP contribution is 2.27. The molecule has 2 rings (SSSR count). The summed E-state index contributed by atoms with van der Waals surface area (Å²) in [7, 11) is 1.64. The molecular weight excluding hydrogens is 376 g/mol. The number of rotatable bonds is 10. The molecule has 0 aliphatic carbocycles. The van der Waals surface area contributed by atoms with Crippen LogP contribution in [0.5, 0.6) is 5.75 Å². The van der Waals surface area contributed by atoms with E-state index in [1.54, 1.807) is 14.0 Å². The van der Waals surface area contributed by atoms with Crippen LogP contribution in [-0.4, -0.2) is 19.0 Å². The molecule has 0 bridgehead atoms. The highest BCUT2D eigenvalue weighted by molar-refractivity contribution is 5.91. The number of carbonyl (C=O) groups excluding carboxylic acids is 2. The zero-order valence-electron chi connectivity index (χ0n) is 19.2. The lowest BCUT2D eigenvalue weighted by Gasteiger charge is -2.20. The summed E-state index contributed by atoms with van der Waals surface area (Å²) in [6.45, 7) is 10.2. The molecule has 2 aromatic carbocycles. The van der Waals surface area contributed by atoms with Crippen LogP contribution in [0.25, 0.3) is 10.8 Å². The van der Waals surface area contributed by atoms with Gasteiger partial charge in [0.15, 0.2) is 0 Å². The number of hydrogen-bond donors (Lipinski definition) is 0. The molecule has 164 valence electrons.